The van der Waals surface area contributed by atoms with E-state index in [1.807, 2.05) is 16.8 Å². The average Bonchev–Trinajstić information content (AvgIpc) is 3.17. The molecule has 3 rings (SSSR count). The number of carbonyl (C=O) groups is 1. The molecule has 3 unspecified atom stereocenters. The Labute approximate surface area is 108 Å². The van der Waals surface area contributed by atoms with Crippen molar-refractivity contribution in [2.75, 3.05) is 6.26 Å². The van der Waals surface area contributed by atoms with Gasteiger partial charge in [-0.05, 0) is 31.4 Å². The Morgan fingerprint density at radius 1 is 1.29 bits per heavy atom. The molecule has 0 aromatic rings. The molecular weight excluding hydrogens is 232 g/mol. The van der Waals surface area contributed by atoms with Crippen molar-refractivity contribution < 1.29 is 4.79 Å². The van der Waals surface area contributed by atoms with E-state index < -0.39 is 0 Å². The molecule has 0 aromatic heterocycles. The summed E-state index contributed by atoms with van der Waals surface area (Å²) in [6.45, 7) is 0. The number of thioether (sulfide) groups is 1. The molecule has 3 fully saturated rings. The highest BCUT2D eigenvalue weighted by molar-refractivity contribution is 7.99. The van der Waals surface area contributed by atoms with Gasteiger partial charge < -0.3 is 0 Å². The molecule has 1 heterocycles. The number of hydrogen-bond acceptors (Lipinski definition) is 3. The standard InChI is InChI=1S/C13H22N2OS/c1-17-12-5-3-2-4-11(12)15-13(16)10(14-15)8-9-6-7-9/h9-12,14H,2-8H2,1H3. The van der Waals surface area contributed by atoms with E-state index in [1.54, 1.807) is 0 Å². The fourth-order valence-electron chi connectivity index (χ4n) is 3.14. The van der Waals surface area contributed by atoms with Crippen LogP contribution >= 0.6 is 11.8 Å². The van der Waals surface area contributed by atoms with Gasteiger partial charge in [-0.3, -0.25) is 9.80 Å². The average molecular weight is 254 g/mol. The molecule has 4 heteroatoms. The summed E-state index contributed by atoms with van der Waals surface area (Å²) in [5, 5.41) is 2.59. The maximum atomic E-state index is 12.1. The topological polar surface area (TPSA) is 32.3 Å². The maximum absolute atomic E-state index is 12.1. The van der Waals surface area contributed by atoms with Crippen LogP contribution in [0.15, 0.2) is 0 Å². The van der Waals surface area contributed by atoms with Crippen molar-refractivity contribution in [1.82, 2.24) is 10.4 Å². The molecule has 3 nitrogen and oxygen atoms in total. The highest BCUT2D eigenvalue weighted by Gasteiger charge is 2.45. The molecule has 1 saturated heterocycles. The van der Waals surface area contributed by atoms with Gasteiger partial charge in [-0.2, -0.15) is 11.8 Å². The fourth-order valence-corrected chi connectivity index (χ4v) is 4.11. The van der Waals surface area contributed by atoms with E-state index in [0.29, 0.717) is 17.2 Å². The first-order valence-corrected chi connectivity index (χ1v) is 8.20. The van der Waals surface area contributed by atoms with Gasteiger partial charge in [-0.1, -0.05) is 25.7 Å². The van der Waals surface area contributed by atoms with Crippen LogP contribution in [0, 0.1) is 5.92 Å². The predicted molar refractivity (Wildman–Crippen MR) is 70.7 cm³/mol. The summed E-state index contributed by atoms with van der Waals surface area (Å²) in [5.74, 6) is 1.20. The van der Waals surface area contributed by atoms with E-state index >= 15 is 0 Å². The number of hydrazine groups is 1. The lowest BCUT2D eigenvalue weighted by molar-refractivity contribution is -0.158. The molecular formula is C13H22N2OS. The first-order valence-electron chi connectivity index (χ1n) is 6.91. The molecule has 96 valence electrons. The highest BCUT2D eigenvalue weighted by Crippen LogP contribution is 2.37. The van der Waals surface area contributed by atoms with Crippen LogP contribution in [0.2, 0.25) is 0 Å². The van der Waals surface area contributed by atoms with E-state index in [2.05, 4.69) is 11.7 Å². The molecule has 1 aliphatic heterocycles. The van der Waals surface area contributed by atoms with Gasteiger partial charge in [-0.15, -0.1) is 0 Å². The van der Waals surface area contributed by atoms with Crippen molar-refractivity contribution in [2.24, 2.45) is 5.92 Å². The third kappa shape index (κ3) is 2.34. The molecule has 3 aliphatic rings. The Morgan fingerprint density at radius 2 is 2.06 bits per heavy atom. The zero-order valence-electron chi connectivity index (χ0n) is 10.5. The van der Waals surface area contributed by atoms with Crippen LogP contribution in [-0.4, -0.2) is 34.5 Å². The minimum atomic E-state index is 0.145. The maximum Gasteiger partial charge on any atom is 0.255 e. The Kier molecular flexibility index (Phi) is 3.35. The van der Waals surface area contributed by atoms with Crippen molar-refractivity contribution >= 4 is 17.7 Å². The molecule has 17 heavy (non-hydrogen) atoms. The van der Waals surface area contributed by atoms with Crippen LogP contribution in [0.3, 0.4) is 0 Å². The molecule has 0 aromatic carbocycles. The van der Waals surface area contributed by atoms with Crippen LogP contribution < -0.4 is 5.43 Å². The van der Waals surface area contributed by atoms with Gasteiger partial charge >= 0.3 is 0 Å². The Hall–Kier alpha value is -0.220. The fraction of sp³-hybridized carbons (Fsp3) is 0.923. The molecule has 0 radical (unpaired) electrons. The molecule has 3 atom stereocenters. The largest absolute Gasteiger partial charge is 0.272 e. The number of nitrogens with zero attached hydrogens (tertiary/aromatic N) is 1. The smallest absolute Gasteiger partial charge is 0.255 e. The van der Waals surface area contributed by atoms with Crippen molar-refractivity contribution in [3.63, 3.8) is 0 Å². The Balaban J connectivity index is 1.55. The van der Waals surface area contributed by atoms with E-state index in [0.717, 1.165) is 12.3 Å². The SMILES string of the molecule is CSC1CCCCC1N1NC(CC2CC2)C1=O. The van der Waals surface area contributed by atoms with Gasteiger partial charge in [0.05, 0.1) is 6.04 Å². The predicted octanol–water partition coefficient (Wildman–Crippen LogP) is 2.18. The third-order valence-corrected chi connectivity index (χ3v) is 5.55. The van der Waals surface area contributed by atoms with E-state index in [1.165, 1.54) is 38.5 Å². The molecule has 1 amide bonds. The number of nitrogens with one attached hydrogen (secondary N) is 1. The normalized spacial score (nSPS) is 38.1. The zero-order valence-corrected chi connectivity index (χ0v) is 11.3. The van der Waals surface area contributed by atoms with Gasteiger partial charge in [0.25, 0.3) is 5.91 Å². The minimum Gasteiger partial charge on any atom is -0.272 e. The van der Waals surface area contributed by atoms with Crippen LogP contribution in [-0.2, 0) is 4.79 Å². The second-order valence-electron chi connectivity index (χ2n) is 5.69. The lowest BCUT2D eigenvalue weighted by Crippen LogP contribution is -2.71. The summed E-state index contributed by atoms with van der Waals surface area (Å²) in [4.78, 5) is 12.1. The third-order valence-electron chi connectivity index (χ3n) is 4.40. The summed E-state index contributed by atoms with van der Waals surface area (Å²) >= 11 is 1.93. The van der Waals surface area contributed by atoms with Crippen LogP contribution in [0.5, 0.6) is 0 Å². The minimum absolute atomic E-state index is 0.145. The van der Waals surface area contributed by atoms with Gasteiger partial charge in [0, 0.05) is 5.25 Å². The summed E-state index contributed by atoms with van der Waals surface area (Å²) < 4.78 is 0. The van der Waals surface area contributed by atoms with Gasteiger partial charge in [0.2, 0.25) is 0 Å². The summed E-state index contributed by atoms with van der Waals surface area (Å²) in [6.07, 6.45) is 11.0. The number of rotatable bonds is 4. The highest BCUT2D eigenvalue weighted by atomic mass is 32.2. The van der Waals surface area contributed by atoms with Crippen LogP contribution in [0.25, 0.3) is 0 Å². The van der Waals surface area contributed by atoms with Crippen molar-refractivity contribution in [3.05, 3.63) is 0 Å². The van der Waals surface area contributed by atoms with Crippen LogP contribution in [0.1, 0.15) is 44.9 Å². The Bertz CT molecular complexity index is 306. The Morgan fingerprint density at radius 3 is 2.71 bits per heavy atom. The molecule has 1 N–H and O–H groups in total. The van der Waals surface area contributed by atoms with Gasteiger partial charge in [-0.25, -0.2) is 5.43 Å². The second kappa shape index (κ2) is 4.81. The van der Waals surface area contributed by atoms with Gasteiger partial charge in [0.15, 0.2) is 0 Å². The quantitative estimate of drug-likeness (QED) is 0.834. The number of carbonyl (C=O) groups excluding carboxylic acids is 1. The van der Waals surface area contributed by atoms with Crippen molar-refractivity contribution in [1.29, 1.82) is 0 Å². The molecule has 2 saturated carbocycles. The van der Waals surface area contributed by atoms with Crippen LogP contribution in [0.4, 0.5) is 0 Å². The molecule has 2 aliphatic carbocycles. The van der Waals surface area contributed by atoms with E-state index in [9.17, 15) is 4.79 Å². The number of hydrogen-bond donors (Lipinski definition) is 1. The first kappa shape index (κ1) is 11.8. The summed E-state index contributed by atoms with van der Waals surface area (Å²) in [6, 6.07) is 0.591. The summed E-state index contributed by atoms with van der Waals surface area (Å²) in [5.41, 5.74) is 3.41. The lowest BCUT2D eigenvalue weighted by Gasteiger charge is -2.48. The second-order valence-corrected chi connectivity index (χ2v) is 6.77. The monoisotopic (exact) mass is 254 g/mol. The van der Waals surface area contributed by atoms with Gasteiger partial charge in [0.1, 0.15) is 6.04 Å². The van der Waals surface area contributed by atoms with Crippen molar-refractivity contribution in [3.8, 4) is 0 Å². The lowest BCUT2D eigenvalue weighted by atomic mass is 9.92. The van der Waals surface area contributed by atoms with Crippen molar-refractivity contribution in [2.45, 2.75) is 62.3 Å². The zero-order chi connectivity index (χ0) is 11.8. The molecule has 0 spiro atoms. The number of amides is 1. The first-order chi connectivity index (χ1) is 8.29. The van der Waals surface area contributed by atoms with E-state index in [4.69, 9.17) is 0 Å². The molecule has 0 bridgehead atoms. The van der Waals surface area contributed by atoms with E-state index in [-0.39, 0.29) is 6.04 Å². The summed E-state index contributed by atoms with van der Waals surface area (Å²) in [7, 11) is 0.